The van der Waals surface area contributed by atoms with Crippen molar-refractivity contribution in [3.63, 3.8) is 0 Å². The lowest BCUT2D eigenvalue weighted by Crippen LogP contribution is -2.25. The van der Waals surface area contributed by atoms with Crippen LogP contribution in [0.1, 0.15) is 12.0 Å². The number of hydrogen-bond acceptors (Lipinski definition) is 1. The Morgan fingerprint density at radius 1 is 1.38 bits per heavy atom. The van der Waals surface area contributed by atoms with Gasteiger partial charge < -0.3 is 4.90 Å². The first-order chi connectivity index (χ1) is 7.49. The Bertz CT molecular complexity index is 450. The van der Waals surface area contributed by atoms with Gasteiger partial charge in [-0.05, 0) is 18.6 Å². The topological polar surface area (TPSA) is 20.3 Å². The van der Waals surface area contributed by atoms with E-state index in [0.29, 0.717) is 0 Å². The normalized spacial score (nSPS) is 20.6. The van der Waals surface area contributed by atoms with E-state index >= 15 is 0 Å². The highest BCUT2D eigenvalue weighted by molar-refractivity contribution is 6.24. The fraction of sp³-hybridized carbons (Fsp3) is 0.364. The van der Waals surface area contributed by atoms with Crippen molar-refractivity contribution in [2.24, 2.45) is 0 Å². The molecule has 1 unspecified atom stereocenters. The molecule has 2 nitrogen and oxygen atoms in total. The summed E-state index contributed by atoms with van der Waals surface area (Å²) in [4.78, 5) is 12.7. The standard InChI is InChI=1S/C11H10ClF2NO/c1-6-2-9(14)10(4-8(6)13)15-5-7(12)3-11(15)16/h2,4,7H,3,5H2,1H3. The van der Waals surface area contributed by atoms with Crippen molar-refractivity contribution in [3.8, 4) is 0 Å². The molecule has 0 radical (unpaired) electrons. The SMILES string of the molecule is Cc1cc(F)c(N2CC(Cl)CC2=O)cc1F. The van der Waals surface area contributed by atoms with Crippen molar-refractivity contribution in [3.05, 3.63) is 29.3 Å². The summed E-state index contributed by atoms with van der Waals surface area (Å²) in [7, 11) is 0. The molecule has 1 aromatic carbocycles. The average molecular weight is 246 g/mol. The number of nitrogens with zero attached hydrogens (tertiary/aromatic N) is 1. The molecular formula is C11H10ClF2NO. The number of halogens is 3. The molecule has 2 rings (SSSR count). The minimum Gasteiger partial charge on any atom is -0.308 e. The Morgan fingerprint density at radius 3 is 2.62 bits per heavy atom. The number of aryl methyl sites for hydroxylation is 1. The zero-order valence-corrected chi connectivity index (χ0v) is 9.39. The number of hydrogen-bond donors (Lipinski definition) is 0. The fourth-order valence-electron chi connectivity index (χ4n) is 1.74. The van der Waals surface area contributed by atoms with Crippen LogP contribution < -0.4 is 4.90 Å². The summed E-state index contributed by atoms with van der Waals surface area (Å²) in [6.45, 7) is 1.69. The quantitative estimate of drug-likeness (QED) is 0.697. The van der Waals surface area contributed by atoms with E-state index in [1.807, 2.05) is 0 Å². The summed E-state index contributed by atoms with van der Waals surface area (Å²) in [5.41, 5.74) is 0.187. The zero-order chi connectivity index (χ0) is 11.9. The molecule has 0 N–H and O–H groups in total. The number of anilines is 1. The molecule has 16 heavy (non-hydrogen) atoms. The fourth-order valence-corrected chi connectivity index (χ4v) is 2.01. The van der Waals surface area contributed by atoms with Gasteiger partial charge >= 0.3 is 0 Å². The van der Waals surface area contributed by atoms with Crippen LogP contribution >= 0.6 is 11.6 Å². The van der Waals surface area contributed by atoms with Crippen LogP contribution in [0, 0.1) is 18.6 Å². The van der Waals surface area contributed by atoms with Crippen molar-refractivity contribution in [1.29, 1.82) is 0 Å². The van der Waals surface area contributed by atoms with Gasteiger partial charge in [0.25, 0.3) is 0 Å². The second kappa shape index (κ2) is 4.01. The third kappa shape index (κ3) is 1.89. The molecule has 1 heterocycles. The second-order valence-corrected chi connectivity index (χ2v) is 4.48. The minimum absolute atomic E-state index is 0.0312. The first-order valence-electron chi connectivity index (χ1n) is 4.89. The van der Waals surface area contributed by atoms with Gasteiger partial charge in [-0.2, -0.15) is 0 Å². The van der Waals surface area contributed by atoms with Crippen LogP contribution in [0.25, 0.3) is 0 Å². The molecule has 1 aliphatic heterocycles. The van der Waals surface area contributed by atoms with Gasteiger partial charge in [0.1, 0.15) is 11.6 Å². The molecule has 1 fully saturated rings. The summed E-state index contributed by atoms with van der Waals surface area (Å²) in [6.07, 6.45) is 0.163. The second-order valence-electron chi connectivity index (χ2n) is 3.86. The maximum Gasteiger partial charge on any atom is 0.228 e. The number of rotatable bonds is 1. The van der Waals surface area contributed by atoms with Gasteiger partial charge in [-0.1, -0.05) is 0 Å². The Labute approximate surface area is 96.8 Å². The van der Waals surface area contributed by atoms with Crippen LogP contribution in [0.15, 0.2) is 12.1 Å². The van der Waals surface area contributed by atoms with E-state index in [1.54, 1.807) is 0 Å². The van der Waals surface area contributed by atoms with E-state index in [2.05, 4.69) is 0 Å². The van der Waals surface area contributed by atoms with Gasteiger partial charge in [0, 0.05) is 19.0 Å². The van der Waals surface area contributed by atoms with Crippen LogP contribution in [-0.2, 0) is 4.79 Å². The molecule has 86 valence electrons. The lowest BCUT2D eigenvalue weighted by molar-refractivity contribution is -0.117. The summed E-state index contributed by atoms with van der Waals surface area (Å²) in [5.74, 6) is -1.40. The largest absolute Gasteiger partial charge is 0.308 e. The zero-order valence-electron chi connectivity index (χ0n) is 8.64. The molecule has 0 spiro atoms. The summed E-state index contributed by atoms with van der Waals surface area (Å²) in [6, 6.07) is 2.12. The Morgan fingerprint density at radius 2 is 2.06 bits per heavy atom. The average Bonchev–Trinajstić information content (AvgIpc) is 2.51. The van der Waals surface area contributed by atoms with Gasteiger partial charge in [-0.3, -0.25) is 4.79 Å². The minimum atomic E-state index is -0.599. The van der Waals surface area contributed by atoms with Gasteiger partial charge in [-0.25, -0.2) is 8.78 Å². The number of amides is 1. The van der Waals surface area contributed by atoms with E-state index in [4.69, 9.17) is 11.6 Å². The Hall–Kier alpha value is -1.16. The highest BCUT2D eigenvalue weighted by Crippen LogP contribution is 2.28. The Kier molecular flexibility index (Phi) is 2.84. The van der Waals surface area contributed by atoms with Gasteiger partial charge in [0.05, 0.1) is 11.1 Å². The Balaban J connectivity index is 2.41. The van der Waals surface area contributed by atoms with Gasteiger partial charge in [-0.15, -0.1) is 11.6 Å². The summed E-state index contributed by atoms with van der Waals surface area (Å²) >= 11 is 5.80. The number of benzene rings is 1. The van der Waals surface area contributed by atoms with Crippen molar-refractivity contribution in [2.45, 2.75) is 18.7 Å². The van der Waals surface area contributed by atoms with Crippen LogP contribution in [-0.4, -0.2) is 17.8 Å². The summed E-state index contributed by atoms with van der Waals surface area (Å²) < 4.78 is 26.9. The molecule has 1 aromatic rings. The van der Waals surface area contributed by atoms with E-state index in [-0.39, 0.29) is 35.5 Å². The van der Waals surface area contributed by atoms with Crippen LogP contribution in [0.4, 0.5) is 14.5 Å². The maximum absolute atomic E-state index is 13.6. The molecule has 0 bridgehead atoms. The third-order valence-corrected chi connectivity index (χ3v) is 2.89. The monoisotopic (exact) mass is 245 g/mol. The van der Waals surface area contributed by atoms with Gasteiger partial charge in [0.15, 0.2) is 0 Å². The predicted molar refractivity (Wildman–Crippen MR) is 57.7 cm³/mol. The molecule has 5 heteroatoms. The number of carbonyl (C=O) groups is 1. The first-order valence-corrected chi connectivity index (χ1v) is 5.32. The third-order valence-electron chi connectivity index (χ3n) is 2.60. The molecular weight excluding hydrogens is 236 g/mol. The highest BCUT2D eigenvalue weighted by Gasteiger charge is 2.31. The summed E-state index contributed by atoms with van der Waals surface area (Å²) in [5, 5.41) is -0.337. The predicted octanol–water partition coefficient (Wildman–Crippen LogP) is 2.62. The first kappa shape index (κ1) is 11.3. The molecule has 1 saturated heterocycles. The van der Waals surface area contributed by atoms with E-state index in [9.17, 15) is 13.6 Å². The van der Waals surface area contributed by atoms with Gasteiger partial charge in [0.2, 0.25) is 5.91 Å². The van der Waals surface area contributed by atoms with Crippen molar-refractivity contribution < 1.29 is 13.6 Å². The molecule has 0 saturated carbocycles. The van der Waals surface area contributed by atoms with E-state index < -0.39 is 11.6 Å². The van der Waals surface area contributed by atoms with Crippen molar-refractivity contribution in [1.82, 2.24) is 0 Å². The van der Waals surface area contributed by atoms with Crippen LogP contribution in [0.3, 0.4) is 0 Å². The lowest BCUT2D eigenvalue weighted by Gasteiger charge is -2.17. The molecule has 1 aliphatic rings. The molecule has 1 atom stereocenters. The molecule has 0 aromatic heterocycles. The lowest BCUT2D eigenvalue weighted by atomic mass is 10.2. The van der Waals surface area contributed by atoms with Crippen LogP contribution in [0.5, 0.6) is 0 Å². The van der Waals surface area contributed by atoms with Crippen molar-refractivity contribution in [2.75, 3.05) is 11.4 Å². The highest BCUT2D eigenvalue weighted by atomic mass is 35.5. The van der Waals surface area contributed by atoms with Crippen molar-refractivity contribution >= 4 is 23.2 Å². The number of alkyl halides is 1. The number of carbonyl (C=O) groups excluding carboxylic acids is 1. The molecule has 0 aliphatic carbocycles. The van der Waals surface area contributed by atoms with Crippen LogP contribution in [0.2, 0.25) is 0 Å². The smallest absolute Gasteiger partial charge is 0.228 e. The van der Waals surface area contributed by atoms with E-state index in [1.165, 1.54) is 11.8 Å². The maximum atomic E-state index is 13.6. The molecule has 1 amide bonds. The van der Waals surface area contributed by atoms with E-state index in [0.717, 1.165) is 12.1 Å².